The Bertz CT molecular complexity index is 558. The fourth-order valence-corrected chi connectivity index (χ4v) is 3.94. The number of ether oxygens (including phenoxy) is 1. The normalized spacial score (nSPS) is 23.7. The molecule has 96 valence electrons. The zero-order chi connectivity index (χ0) is 12.6. The van der Waals surface area contributed by atoms with E-state index in [4.69, 9.17) is 9.72 Å². The second-order valence-corrected chi connectivity index (χ2v) is 5.85. The Morgan fingerprint density at radius 2 is 2.39 bits per heavy atom. The molecule has 18 heavy (non-hydrogen) atoms. The third-order valence-electron chi connectivity index (χ3n) is 3.85. The molecule has 1 unspecified atom stereocenters. The van der Waals surface area contributed by atoms with Crippen molar-refractivity contribution in [2.24, 2.45) is 0 Å². The third kappa shape index (κ3) is 1.80. The summed E-state index contributed by atoms with van der Waals surface area (Å²) in [4.78, 5) is 4.81. The van der Waals surface area contributed by atoms with Gasteiger partial charge >= 0.3 is 0 Å². The minimum atomic E-state index is 0.108. The van der Waals surface area contributed by atoms with Crippen molar-refractivity contribution in [2.75, 3.05) is 13.7 Å². The molecule has 1 fully saturated rings. The van der Waals surface area contributed by atoms with E-state index in [9.17, 15) is 0 Å². The average Bonchev–Trinajstić information content (AvgIpc) is 3.04. The van der Waals surface area contributed by atoms with Gasteiger partial charge in [0.05, 0.1) is 22.9 Å². The van der Waals surface area contributed by atoms with Gasteiger partial charge in [-0.2, -0.15) is 0 Å². The van der Waals surface area contributed by atoms with E-state index in [0.717, 1.165) is 24.2 Å². The number of hydrogen-bond donors (Lipinski definition) is 1. The highest BCUT2D eigenvalue weighted by Gasteiger charge is 2.36. The van der Waals surface area contributed by atoms with Gasteiger partial charge in [-0.25, -0.2) is 4.98 Å². The molecule has 1 aliphatic rings. The number of hydrogen-bond acceptors (Lipinski definition) is 4. The first kappa shape index (κ1) is 11.9. The summed E-state index contributed by atoms with van der Waals surface area (Å²) in [5.41, 5.74) is 1.19. The van der Waals surface area contributed by atoms with Crippen molar-refractivity contribution in [1.29, 1.82) is 0 Å². The Morgan fingerprint density at radius 3 is 3.06 bits per heavy atom. The first-order valence-electron chi connectivity index (χ1n) is 6.47. The Labute approximate surface area is 111 Å². The lowest BCUT2D eigenvalue weighted by molar-refractivity contribution is 0.375. The highest BCUT2D eigenvalue weighted by Crippen LogP contribution is 2.39. The smallest absolute Gasteiger partial charge is 0.120 e. The predicted molar refractivity (Wildman–Crippen MR) is 75.4 cm³/mol. The Kier molecular flexibility index (Phi) is 2.99. The first-order chi connectivity index (χ1) is 8.77. The largest absolute Gasteiger partial charge is 0.497 e. The second kappa shape index (κ2) is 4.52. The van der Waals surface area contributed by atoms with Crippen molar-refractivity contribution >= 4 is 21.6 Å². The number of benzene rings is 1. The van der Waals surface area contributed by atoms with Crippen molar-refractivity contribution in [2.45, 2.75) is 31.7 Å². The lowest BCUT2D eigenvalue weighted by Gasteiger charge is -2.25. The van der Waals surface area contributed by atoms with E-state index in [-0.39, 0.29) is 5.54 Å². The molecule has 0 radical (unpaired) electrons. The molecule has 4 heteroatoms. The van der Waals surface area contributed by atoms with E-state index in [0.29, 0.717) is 0 Å². The molecule has 0 spiro atoms. The molecule has 0 amide bonds. The molecule has 1 aromatic carbocycles. The molecule has 2 aromatic rings. The predicted octanol–water partition coefficient (Wildman–Crippen LogP) is 3.29. The summed E-state index contributed by atoms with van der Waals surface area (Å²) < 4.78 is 6.49. The van der Waals surface area contributed by atoms with Gasteiger partial charge in [-0.3, -0.25) is 0 Å². The lowest BCUT2D eigenvalue weighted by atomic mass is 9.95. The van der Waals surface area contributed by atoms with E-state index >= 15 is 0 Å². The topological polar surface area (TPSA) is 34.1 Å². The van der Waals surface area contributed by atoms with Crippen LogP contribution in [0.3, 0.4) is 0 Å². The molecular weight excluding hydrogens is 244 g/mol. The maximum absolute atomic E-state index is 5.27. The van der Waals surface area contributed by atoms with Crippen molar-refractivity contribution in [3.63, 3.8) is 0 Å². The number of methoxy groups -OCH3 is 1. The number of aromatic nitrogens is 1. The second-order valence-electron chi connectivity index (χ2n) is 4.82. The zero-order valence-electron chi connectivity index (χ0n) is 10.8. The minimum Gasteiger partial charge on any atom is -0.497 e. The summed E-state index contributed by atoms with van der Waals surface area (Å²) in [5.74, 6) is 0.905. The van der Waals surface area contributed by atoms with Gasteiger partial charge < -0.3 is 10.1 Å². The molecular formula is C14H18N2OS. The van der Waals surface area contributed by atoms with Crippen LogP contribution in [0.25, 0.3) is 10.2 Å². The van der Waals surface area contributed by atoms with Crippen LogP contribution in [0.4, 0.5) is 0 Å². The quantitative estimate of drug-likeness (QED) is 0.921. The Morgan fingerprint density at radius 1 is 1.50 bits per heavy atom. The molecule has 1 atom stereocenters. The summed E-state index contributed by atoms with van der Waals surface area (Å²) >= 11 is 1.79. The average molecular weight is 262 g/mol. The van der Waals surface area contributed by atoms with E-state index in [1.165, 1.54) is 22.5 Å². The number of nitrogens with zero attached hydrogens (tertiary/aromatic N) is 1. The fourth-order valence-electron chi connectivity index (χ4n) is 2.68. The molecule has 2 heterocycles. The number of nitrogens with one attached hydrogen (secondary N) is 1. The molecule has 0 aliphatic carbocycles. The molecule has 3 nitrogen and oxygen atoms in total. The van der Waals surface area contributed by atoms with Crippen LogP contribution < -0.4 is 10.1 Å². The van der Waals surface area contributed by atoms with Crippen LogP contribution in [0.2, 0.25) is 0 Å². The first-order valence-corrected chi connectivity index (χ1v) is 7.29. The molecule has 3 rings (SSSR count). The van der Waals surface area contributed by atoms with E-state index in [1.54, 1.807) is 18.4 Å². The van der Waals surface area contributed by atoms with Gasteiger partial charge in [0, 0.05) is 0 Å². The lowest BCUT2D eigenvalue weighted by Crippen LogP contribution is -2.35. The van der Waals surface area contributed by atoms with Crippen molar-refractivity contribution in [1.82, 2.24) is 10.3 Å². The van der Waals surface area contributed by atoms with Crippen LogP contribution in [0.15, 0.2) is 18.2 Å². The molecule has 0 saturated carbocycles. The standard InChI is InChI=1S/C14H18N2OS/c1-3-14(7-4-8-15-14)13-16-11-6-5-10(17-2)9-12(11)18-13/h5-6,9,15H,3-4,7-8H2,1-2H3. The SMILES string of the molecule is CCC1(c2nc3ccc(OC)cc3s2)CCCN1. The molecule has 1 aliphatic heterocycles. The number of thiazole rings is 1. The minimum absolute atomic E-state index is 0.108. The summed E-state index contributed by atoms with van der Waals surface area (Å²) in [6.45, 7) is 3.35. The Balaban J connectivity index is 2.07. The third-order valence-corrected chi connectivity index (χ3v) is 5.07. The van der Waals surface area contributed by atoms with E-state index in [1.807, 2.05) is 12.1 Å². The molecule has 1 aromatic heterocycles. The maximum atomic E-state index is 5.27. The van der Waals surface area contributed by atoms with Gasteiger partial charge in [0.25, 0.3) is 0 Å². The summed E-state index contributed by atoms with van der Waals surface area (Å²) in [7, 11) is 1.70. The van der Waals surface area contributed by atoms with Crippen LogP contribution in [-0.2, 0) is 5.54 Å². The maximum Gasteiger partial charge on any atom is 0.120 e. The van der Waals surface area contributed by atoms with E-state index in [2.05, 4.69) is 18.3 Å². The summed E-state index contributed by atoms with van der Waals surface area (Å²) in [5, 5.41) is 4.87. The summed E-state index contributed by atoms with van der Waals surface area (Å²) in [6.07, 6.45) is 3.54. The molecule has 1 saturated heterocycles. The van der Waals surface area contributed by atoms with Crippen LogP contribution in [0.5, 0.6) is 5.75 Å². The van der Waals surface area contributed by atoms with Crippen molar-refractivity contribution in [3.05, 3.63) is 23.2 Å². The van der Waals surface area contributed by atoms with Gasteiger partial charge in [0.1, 0.15) is 10.8 Å². The fraction of sp³-hybridized carbons (Fsp3) is 0.500. The summed E-state index contributed by atoms with van der Waals surface area (Å²) in [6, 6.07) is 6.10. The monoisotopic (exact) mass is 262 g/mol. The number of rotatable bonds is 3. The van der Waals surface area contributed by atoms with Gasteiger partial charge in [0.2, 0.25) is 0 Å². The van der Waals surface area contributed by atoms with E-state index < -0.39 is 0 Å². The van der Waals surface area contributed by atoms with Gasteiger partial charge in [-0.15, -0.1) is 11.3 Å². The van der Waals surface area contributed by atoms with Crippen molar-refractivity contribution < 1.29 is 4.74 Å². The molecule has 0 bridgehead atoms. The number of fused-ring (bicyclic) bond motifs is 1. The van der Waals surface area contributed by atoms with Crippen molar-refractivity contribution in [3.8, 4) is 5.75 Å². The van der Waals surface area contributed by atoms with Gasteiger partial charge in [-0.1, -0.05) is 6.92 Å². The highest BCUT2D eigenvalue weighted by atomic mass is 32.1. The van der Waals surface area contributed by atoms with Crippen LogP contribution in [0.1, 0.15) is 31.2 Å². The highest BCUT2D eigenvalue weighted by molar-refractivity contribution is 7.18. The van der Waals surface area contributed by atoms with Crippen LogP contribution >= 0.6 is 11.3 Å². The van der Waals surface area contributed by atoms with Gasteiger partial charge in [-0.05, 0) is 44.0 Å². The molecule has 1 N–H and O–H groups in total. The van der Waals surface area contributed by atoms with Crippen LogP contribution in [-0.4, -0.2) is 18.6 Å². The van der Waals surface area contributed by atoms with Gasteiger partial charge in [0.15, 0.2) is 0 Å². The van der Waals surface area contributed by atoms with Crippen LogP contribution in [0, 0.1) is 0 Å². The zero-order valence-corrected chi connectivity index (χ0v) is 11.6. The Hall–Kier alpha value is -1.13.